The van der Waals surface area contributed by atoms with Crippen molar-refractivity contribution in [3.63, 3.8) is 0 Å². The van der Waals surface area contributed by atoms with Gasteiger partial charge in [-0.15, -0.1) is 11.3 Å². The van der Waals surface area contributed by atoms with Crippen molar-refractivity contribution in [3.05, 3.63) is 200 Å². The van der Waals surface area contributed by atoms with Crippen LogP contribution >= 0.6 is 11.3 Å². The first-order valence-corrected chi connectivity index (χ1v) is 21.3. The van der Waals surface area contributed by atoms with Crippen molar-refractivity contribution >= 4 is 86.7 Å². The zero-order valence-corrected chi connectivity index (χ0v) is 33.5. The van der Waals surface area contributed by atoms with Gasteiger partial charge < -0.3 is 4.57 Å². The fraction of sp³-hybridized carbons (Fsp3) is 0. The minimum absolute atomic E-state index is 0.652. The van der Waals surface area contributed by atoms with E-state index in [0.29, 0.717) is 5.95 Å². The highest BCUT2D eigenvalue weighted by molar-refractivity contribution is 7.22. The molecule has 0 aliphatic heterocycles. The molecule has 0 aliphatic rings. The molecule has 13 rings (SSSR count). The molecule has 8 aromatic carbocycles. The van der Waals surface area contributed by atoms with Crippen LogP contribution in [0.25, 0.3) is 120 Å². The van der Waals surface area contributed by atoms with E-state index in [-0.39, 0.29) is 0 Å². The zero-order valence-electron chi connectivity index (χ0n) is 32.7. The van der Waals surface area contributed by atoms with E-state index < -0.39 is 0 Å². The maximum atomic E-state index is 5.50. The Morgan fingerprint density at radius 3 is 1.93 bits per heavy atom. The first-order chi connectivity index (χ1) is 30.3. The Balaban J connectivity index is 1.11. The quantitative estimate of drug-likeness (QED) is 0.174. The third-order valence-corrected chi connectivity index (χ3v) is 13.4. The summed E-state index contributed by atoms with van der Waals surface area (Å²) in [6, 6.07) is 67.5. The van der Waals surface area contributed by atoms with E-state index in [9.17, 15) is 0 Å². The van der Waals surface area contributed by atoms with Gasteiger partial charge in [0.2, 0.25) is 5.95 Å². The smallest absolute Gasteiger partial charge is 0.235 e. The van der Waals surface area contributed by atoms with E-state index in [2.05, 4.69) is 202 Å². The monoisotopic (exact) mass is 795 g/mol. The normalized spacial score (nSPS) is 11.9. The van der Waals surface area contributed by atoms with Crippen LogP contribution in [0, 0.1) is 0 Å². The lowest BCUT2D eigenvalue weighted by Crippen LogP contribution is -2.03. The molecule has 0 fully saturated rings. The van der Waals surface area contributed by atoms with Gasteiger partial charge in [-0.3, -0.25) is 9.55 Å². The molecular formula is C55H33N5S. The van der Waals surface area contributed by atoms with Crippen LogP contribution in [0.1, 0.15) is 0 Å². The van der Waals surface area contributed by atoms with Crippen molar-refractivity contribution in [3.8, 4) is 44.5 Å². The maximum absolute atomic E-state index is 5.50. The van der Waals surface area contributed by atoms with Gasteiger partial charge in [0, 0.05) is 61.0 Å². The van der Waals surface area contributed by atoms with E-state index in [1.807, 2.05) is 12.4 Å². The average molecular weight is 796 g/mol. The Labute approximate surface area is 354 Å². The number of benzene rings is 8. The number of rotatable bonds is 5. The van der Waals surface area contributed by atoms with Crippen LogP contribution in [-0.4, -0.2) is 24.1 Å². The van der Waals surface area contributed by atoms with Crippen LogP contribution < -0.4 is 0 Å². The van der Waals surface area contributed by atoms with E-state index in [4.69, 9.17) is 9.97 Å². The molecule has 0 unspecified atom stereocenters. The van der Waals surface area contributed by atoms with Crippen molar-refractivity contribution < 1.29 is 0 Å². The number of nitrogens with zero attached hydrogens (tertiary/aromatic N) is 5. The van der Waals surface area contributed by atoms with E-state index in [0.717, 1.165) is 65.5 Å². The number of pyridine rings is 1. The molecule has 0 radical (unpaired) electrons. The molecule has 5 nitrogen and oxygen atoms in total. The lowest BCUT2D eigenvalue weighted by Gasteiger charge is -2.12. The predicted octanol–water partition coefficient (Wildman–Crippen LogP) is 14.6. The summed E-state index contributed by atoms with van der Waals surface area (Å²) in [5, 5.41) is 9.57. The minimum atomic E-state index is 0.652. The van der Waals surface area contributed by atoms with Crippen molar-refractivity contribution in [1.29, 1.82) is 0 Å². The Morgan fingerprint density at radius 1 is 0.426 bits per heavy atom. The summed E-state index contributed by atoms with van der Waals surface area (Å²) < 4.78 is 5.78. The number of thiophene rings is 1. The standard InChI is InChI=1S/C55H33N5S/c1-3-14-36(15-4-1)49-33-46-54(61-49)51(37-16-5-2-6-17-37)58-55(57-46)60-47-26-24-38(32-45(47)43-25-22-35-13-8-10-19-41(35)52(43)60)42-20-11-21-44-50-40-18-9-7-12-34(40)23-27-48(50)59(53(42)44)39-28-30-56-31-29-39/h1-33H. The first-order valence-electron chi connectivity index (χ1n) is 20.5. The van der Waals surface area contributed by atoms with Crippen molar-refractivity contribution in [2.24, 2.45) is 0 Å². The molecule has 0 bridgehead atoms. The number of hydrogen-bond acceptors (Lipinski definition) is 4. The summed E-state index contributed by atoms with van der Waals surface area (Å²) in [5.74, 6) is 0.652. The van der Waals surface area contributed by atoms with E-state index in [1.165, 1.54) is 48.4 Å². The van der Waals surface area contributed by atoms with Gasteiger partial charge in [-0.25, -0.2) is 9.97 Å². The fourth-order valence-electron chi connectivity index (χ4n) is 9.54. The predicted molar refractivity (Wildman–Crippen MR) is 255 cm³/mol. The first kappa shape index (κ1) is 34.0. The molecule has 61 heavy (non-hydrogen) atoms. The number of fused-ring (bicyclic) bond motifs is 11. The summed E-state index contributed by atoms with van der Waals surface area (Å²) in [6.07, 6.45) is 3.76. The van der Waals surface area contributed by atoms with Crippen LogP contribution in [0.5, 0.6) is 0 Å². The molecule has 0 aliphatic carbocycles. The third-order valence-electron chi connectivity index (χ3n) is 12.2. The second-order valence-electron chi connectivity index (χ2n) is 15.6. The zero-order chi connectivity index (χ0) is 40.0. The van der Waals surface area contributed by atoms with Gasteiger partial charge in [0.05, 0.1) is 38.0 Å². The number of para-hydroxylation sites is 1. The summed E-state index contributed by atoms with van der Waals surface area (Å²) in [5.41, 5.74) is 12.0. The molecule has 0 saturated carbocycles. The Bertz CT molecular complexity index is 3860. The van der Waals surface area contributed by atoms with Crippen LogP contribution in [0.3, 0.4) is 0 Å². The SMILES string of the molecule is c1ccc(-c2cc3nc(-n4c5ccc(-c6cccc7c8c9ccccc9ccc8n(-c8ccncc8)c67)cc5c5ccc6ccccc6c54)nc(-c4ccccc4)c3s2)cc1. The number of aromatic nitrogens is 5. The molecule has 0 atom stereocenters. The lowest BCUT2D eigenvalue weighted by molar-refractivity contribution is 1.02. The molecule has 13 aromatic rings. The lowest BCUT2D eigenvalue weighted by atomic mass is 9.98. The summed E-state index contributed by atoms with van der Waals surface area (Å²) in [6.45, 7) is 0. The second kappa shape index (κ2) is 13.3. The highest BCUT2D eigenvalue weighted by Crippen LogP contribution is 2.44. The summed E-state index contributed by atoms with van der Waals surface area (Å²) >= 11 is 1.75. The van der Waals surface area contributed by atoms with Crippen LogP contribution in [-0.2, 0) is 0 Å². The Kier molecular flexibility index (Phi) is 7.41. The van der Waals surface area contributed by atoms with Crippen LogP contribution in [0.15, 0.2) is 200 Å². The van der Waals surface area contributed by atoms with Crippen molar-refractivity contribution in [1.82, 2.24) is 24.1 Å². The van der Waals surface area contributed by atoms with E-state index >= 15 is 0 Å². The Hall–Kier alpha value is -7.93. The van der Waals surface area contributed by atoms with Crippen LogP contribution in [0.2, 0.25) is 0 Å². The number of hydrogen-bond donors (Lipinski definition) is 0. The largest absolute Gasteiger partial charge is 0.308 e. The van der Waals surface area contributed by atoms with Crippen LogP contribution in [0.4, 0.5) is 0 Å². The van der Waals surface area contributed by atoms with Crippen molar-refractivity contribution in [2.45, 2.75) is 0 Å². The van der Waals surface area contributed by atoms with Gasteiger partial charge >= 0.3 is 0 Å². The highest BCUT2D eigenvalue weighted by atomic mass is 32.1. The molecule has 6 heteroatoms. The summed E-state index contributed by atoms with van der Waals surface area (Å²) in [4.78, 5) is 16.5. The molecule has 284 valence electrons. The molecule has 0 saturated heterocycles. The highest BCUT2D eigenvalue weighted by Gasteiger charge is 2.23. The van der Waals surface area contributed by atoms with Gasteiger partial charge in [-0.05, 0) is 63.7 Å². The van der Waals surface area contributed by atoms with Gasteiger partial charge in [0.25, 0.3) is 0 Å². The Morgan fingerprint density at radius 2 is 1.11 bits per heavy atom. The van der Waals surface area contributed by atoms with Gasteiger partial charge in [-0.2, -0.15) is 0 Å². The molecule has 5 heterocycles. The third kappa shape index (κ3) is 5.16. The molecule has 0 spiro atoms. The summed E-state index contributed by atoms with van der Waals surface area (Å²) in [7, 11) is 0. The minimum Gasteiger partial charge on any atom is -0.308 e. The van der Waals surface area contributed by atoms with Gasteiger partial charge in [0.1, 0.15) is 0 Å². The maximum Gasteiger partial charge on any atom is 0.235 e. The van der Waals surface area contributed by atoms with Gasteiger partial charge in [0.15, 0.2) is 0 Å². The molecule has 0 amide bonds. The van der Waals surface area contributed by atoms with E-state index in [1.54, 1.807) is 11.3 Å². The average Bonchev–Trinajstić information content (AvgIpc) is 4.02. The molecular weight excluding hydrogens is 763 g/mol. The fourth-order valence-corrected chi connectivity index (χ4v) is 10.7. The topological polar surface area (TPSA) is 48.5 Å². The van der Waals surface area contributed by atoms with Crippen molar-refractivity contribution in [2.75, 3.05) is 0 Å². The van der Waals surface area contributed by atoms with Gasteiger partial charge in [-0.1, -0.05) is 152 Å². The molecule has 5 aromatic heterocycles. The second-order valence-corrected chi connectivity index (χ2v) is 16.7. The molecule has 0 N–H and O–H groups in total.